The number of pyridine rings is 1. The van der Waals surface area contributed by atoms with E-state index in [0.717, 1.165) is 0 Å². The summed E-state index contributed by atoms with van der Waals surface area (Å²) in [6.45, 7) is -0.255. The fraction of sp³-hybridized carbons (Fsp3) is 0.0455. The van der Waals surface area contributed by atoms with Crippen molar-refractivity contribution in [2.24, 2.45) is 0 Å². The Balaban J connectivity index is 1.95. The number of esters is 1. The number of fused-ring (bicyclic) bond motifs is 2. The largest absolute Gasteiger partial charge is 0.477 e. The van der Waals surface area contributed by atoms with Crippen LogP contribution in [0.2, 0.25) is 15.1 Å². The smallest absolute Gasteiger partial charge is 0.370 e. The lowest BCUT2D eigenvalue weighted by Crippen LogP contribution is -2.40. The van der Waals surface area contributed by atoms with Crippen molar-refractivity contribution in [1.29, 1.82) is 0 Å². The van der Waals surface area contributed by atoms with E-state index in [4.69, 9.17) is 39.5 Å². The van der Waals surface area contributed by atoms with E-state index in [2.05, 4.69) is 0 Å². The molecule has 0 amide bonds. The van der Waals surface area contributed by atoms with Crippen LogP contribution in [0.25, 0.3) is 21.8 Å². The molecule has 5 nitrogen and oxygen atoms in total. The van der Waals surface area contributed by atoms with Crippen molar-refractivity contribution in [2.75, 3.05) is 0 Å². The van der Waals surface area contributed by atoms with Crippen molar-refractivity contribution < 1.29 is 24.0 Å². The van der Waals surface area contributed by atoms with Gasteiger partial charge in [-0.3, -0.25) is 0 Å². The van der Waals surface area contributed by atoms with Crippen LogP contribution in [-0.2, 0) is 11.3 Å². The lowest BCUT2D eigenvalue weighted by molar-refractivity contribution is -0.633. The van der Waals surface area contributed by atoms with Crippen LogP contribution in [0.1, 0.15) is 10.4 Å². The SMILES string of the molecule is O=C(O)C[n+]1c2ccccc2c(C(=O)Oc2ccc(Cl)c(Cl)c2Cl)c2ccccc21. The number of benzene rings is 3. The molecule has 0 aliphatic heterocycles. The molecule has 0 saturated heterocycles. The molecule has 150 valence electrons. The molecular formula is C22H13Cl3NO4+. The van der Waals surface area contributed by atoms with E-state index in [1.165, 1.54) is 12.1 Å². The highest BCUT2D eigenvalue weighted by Crippen LogP contribution is 2.38. The van der Waals surface area contributed by atoms with Gasteiger partial charge in [0.1, 0.15) is 5.02 Å². The molecule has 0 spiro atoms. The average Bonchev–Trinajstić information content (AvgIpc) is 2.73. The highest BCUT2D eigenvalue weighted by molar-refractivity contribution is 6.48. The number of rotatable bonds is 4. The molecule has 0 bridgehead atoms. The van der Waals surface area contributed by atoms with Crippen molar-refractivity contribution in [3.05, 3.63) is 81.3 Å². The zero-order chi connectivity index (χ0) is 21.4. The summed E-state index contributed by atoms with van der Waals surface area (Å²) >= 11 is 18.2. The van der Waals surface area contributed by atoms with Crippen molar-refractivity contribution in [2.45, 2.75) is 6.54 Å². The number of carbonyl (C=O) groups is 2. The Morgan fingerprint density at radius 2 is 1.40 bits per heavy atom. The second kappa shape index (κ2) is 8.11. The first-order valence-corrected chi connectivity index (χ1v) is 9.92. The number of carbonyl (C=O) groups excluding carboxylic acids is 1. The first-order valence-electron chi connectivity index (χ1n) is 8.79. The van der Waals surface area contributed by atoms with E-state index >= 15 is 0 Å². The van der Waals surface area contributed by atoms with Gasteiger partial charge in [0.15, 0.2) is 5.75 Å². The zero-order valence-electron chi connectivity index (χ0n) is 15.2. The summed E-state index contributed by atoms with van der Waals surface area (Å²) in [5.74, 6) is -1.56. The van der Waals surface area contributed by atoms with E-state index in [9.17, 15) is 14.7 Å². The summed E-state index contributed by atoms with van der Waals surface area (Å²) in [4.78, 5) is 24.7. The van der Waals surface area contributed by atoms with Gasteiger partial charge in [0.2, 0.25) is 17.6 Å². The topological polar surface area (TPSA) is 67.5 Å². The minimum Gasteiger partial charge on any atom is -0.477 e. The summed E-state index contributed by atoms with van der Waals surface area (Å²) in [5, 5.41) is 10.9. The highest BCUT2D eigenvalue weighted by atomic mass is 35.5. The number of ether oxygens (including phenoxy) is 1. The molecule has 8 heteroatoms. The van der Waals surface area contributed by atoms with Crippen LogP contribution in [0.5, 0.6) is 5.75 Å². The Bertz CT molecular complexity index is 1280. The van der Waals surface area contributed by atoms with Crippen LogP contribution >= 0.6 is 34.8 Å². The molecule has 0 aliphatic rings. The molecule has 1 heterocycles. The van der Waals surface area contributed by atoms with Gasteiger partial charge < -0.3 is 9.84 Å². The normalized spacial score (nSPS) is 11.0. The van der Waals surface area contributed by atoms with Crippen molar-refractivity contribution in [1.82, 2.24) is 0 Å². The molecule has 0 unspecified atom stereocenters. The number of hydrogen-bond acceptors (Lipinski definition) is 3. The van der Waals surface area contributed by atoms with Crippen LogP contribution in [0.15, 0.2) is 60.7 Å². The van der Waals surface area contributed by atoms with Gasteiger partial charge in [-0.05, 0) is 24.3 Å². The van der Waals surface area contributed by atoms with Gasteiger partial charge in [0.25, 0.3) is 0 Å². The number of carboxylic acids is 1. The van der Waals surface area contributed by atoms with Gasteiger partial charge in [0, 0.05) is 12.1 Å². The van der Waals surface area contributed by atoms with Crippen molar-refractivity contribution in [3.8, 4) is 5.75 Å². The lowest BCUT2D eigenvalue weighted by atomic mass is 10.0. The molecule has 30 heavy (non-hydrogen) atoms. The van der Waals surface area contributed by atoms with Gasteiger partial charge in [-0.25, -0.2) is 9.59 Å². The molecule has 1 N–H and O–H groups in total. The summed E-state index contributed by atoms with van der Waals surface area (Å²) in [6.07, 6.45) is 0. The van der Waals surface area contributed by atoms with Gasteiger partial charge in [-0.2, -0.15) is 4.57 Å². The Morgan fingerprint density at radius 1 is 0.833 bits per heavy atom. The molecule has 0 fully saturated rings. The van der Waals surface area contributed by atoms with Gasteiger partial charge in [-0.15, -0.1) is 0 Å². The van der Waals surface area contributed by atoms with Crippen LogP contribution in [0, 0.1) is 0 Å². The van der Waals surface area contributed by atoms with Crippen LogP contribution in [-0.4, -0.2) is 17.0 Å². The number of halogens is 3. The number of para-hydroxylation sites is 2. The molecular weight excluding hydrogens is 449 g/mol. The molecule has 0 saturated carbocycles. The fourth-order valence-corrected chi connectivity index (χ4v) is 3.94. The third kappa shape index (κ3) is 3.56. The van der Waals surface area contributed by atoms with Crippen LogP contribution < -0.4 is 9.30 Å². The third-order valence-corrected chi connectivity index (χ3v) is 5.90. The summed E-state index contributed by atoms with van der Waals surface area (Å²) in [7, 11) is 0. The first-order chi connectivity index (χ1) is 14.4. The van der Waals surface area contributed by atoms with Crippen molar-refractivity contribution >= 4 is 68.5 Å². The van der Waals surface area contributed by atoms with E-state index in [1.807, 2.05) is 0 Å². The fourth-order valence-electron chi connectivity index (χ4n) is 3.38. The Hall–Kier alpha value is -2.86. The van der Waals surface area contributed by atoms with E-state index in [1.54, 1.807) is 53.1 Å². The summed E-state index contributed by atoms with van der Waals surface area (Å²) < 4.78 is 7.21. The zero-order valence-corrected chi connectivity index (χ0v) is 17.5. The van der Waals surface area contributed by atoms with Gasteiger partial charge in [-0.1, -0.05) is 59.1 Å². The second-order valence-corrected chi connectivity index (χ2v) is 7.62. The first kappa shape index (κ1) is 20.4. The number of hydrogen-bond donors (Lipinski definition) is 1. The maximum atomic E-state index is 13.2. The monoisotopic (exact) mass is 460 g/mol. The molecule has 0 atom stereocenters. The summed E-state index contributed by atoms with van der Waals surface area (Å²) in [6, 6.07) is 17.0. The Kier molecular flexibility index (Phi) is 5.52. The molecule has 0 radical (unpaired) electrons. The number of aromatic nitrogens is 1. The quantitative estimate of drug-likeness (QED) is 0.142. The standard InChI is InChI=1S/C22H12Cl3NO4/c23-14-9-10-17(21(25)20(14)24)30-22(29)19-12-5-1-3-7-15(12)26(11-18(27)28)16-8-4-2-6-13(16)19/h1-10H,11H2/p+1. The Labute approximate surface area is 186 Å². The molecule has 4 aromatic rings. The van der Waals surface area contributed by atoms with Gasteiger partial charge >= 0.3 is 11.9 Å². The second-order valence-electron chi connectivity index (χ2n) is 6.45. The maximum absolute atomic E-state index is 13.2. The van der Waals surface area contributed by atoms with E-state index in [0.29, 0.717) is 27.4 Å². The van der Waals surface area contributed by atoms with Crippen molar-refractivity contribution in [3.63, 3.8) is 0 Å². The minimum atomic E-state index is -0.992. The van der Waals surface area contributed by atoms with Crippen LogP contribution in [0.4, 0.5) is 0 Å². The lowest BCUT2D eigenvalue weighted by Gasteiger charge is -2.12. The number of nitrogens with zero attached hydrogens (tertiary/aromatic N) is 1. The number of carboxylic acid groups (broad SMARTS) is 1. The average molecular weight is 462 g/mol. The number of aliphatic carboxylic acids is 1. The van der Waals surface area contributed by atoms with E-state index in [-0.39, 0.29) is 27.4 Å². The summed E-state index contributed by atoms with van der Waals surface area (Å²) in [5.41, 5.74) is 1.47. The molecule has 4 rings (SSSR count). The molecule has 1 aromatic heterocycles. The van der Waals surface area contributed by atoms with Crippen LogP contribution in [0.3, 0.4) is 0 Å². The maximum Gasteiger partial charge on any atom is 0.370 e. The minimum absolute atomic E-state index is 0.0306. The van der Waals surface area contributed by atoms with E-state index < -0.39 is 11.9 Å². The Morgan fingerprint density at radius 3 is 1.97 bits per heavy atom. The predicted octanol–water partition coefficient (Wildman–Crippen LogP) is 5.54. The predicted molar refractivity (Wildman–Crippen MR) is 116 cm³/mol. The third-order valence-electron chi connectivity index (χ3n) is 4.63. The highest BCUT2D eigenvalue weighted by Gasteiger charge is 2.27. The molecule has 3 aromatic carbocycles. The van der Waals surface area contributed by atoms with Gasteiger partial charge in [0.05, 0.1) is 26.4 Å². The molecule has 0 aliphatic carbocycles.